The van der Waals surface area contributed by atoms with Crippen LogP contribution in [-0.4, -0.2) is 6.29 Å². The molecule has 0 aromatic rings. The van der Waals surface area contributed by atoms with E-state index in [-0.39, 0.29) is 0 Å². The molecule has 2 rings (SSSR count). The number of carbonyl (C=O) groups excluding carboxylic acids is 1. The molecule has 0 saturated heterocycles. The molecule has 0 aromatic carbocycles. The van der Waals surface area contributed by atoms with Gasteiger partial charge < -0.3 is 4.79 Å². The highest BCUT2D eigenvalue weighted by Gasteiger charge is 2.31. The molecule has 2 saturated carbocycles. The highest BCUT2D eigenvalue weighted by molar-refractivity contribution is 5.53. The van der Waals surface area contributed by atoms with Gasteiger partial charge in [-0.05, 0) is 62.2 Å². The van der Waals surface area contributed by atoms with Crippen molar-refractivity contribution in [1.29, 1.82) is 0 Å². The molecule has 2 aliphatic rings. The minimum atomic E-state index is 0.293. The summed E-state index contributed by atoms with van der Waals surface area (Å²) in [7, 11) is 0. The van der Waals surface area contributed by atoms with Crippen LogP contribution < -0.4 is 0 Å². The van der Waals surface area contributed by atoms with E-state index < -0.39 is 0 Å². The molecule has 0 aliphatic heterocycles. The van der Waals surface area contributed by atoms with E-state index in [1.807, 2.05) is 0 Å². The van der Waals surface area contributed by atoms with E-state index in [0.717, 1.165) is 17.8 Å². The largest absolute Gasteiger partial charge is 0.303 e. The van der Waals surface area contributed by atoms with E-state index in [4.69, 9.17) is 0 Å². The molecule has 0 N–H and O–H groups in total. The summed E-state index contributed by atoms with van der Waals surface area (Å²) < 4.78 is 0. The molecule has 0 spiro atoms. The number of hydrogen-bond donors (Lipinski definition) is 0. The van der Waals surface area contributed by atoms with Crippen molar-refractivity contribution in [3.05, 3.63) is 0 Å². The Morgan fingerprint density at radius 2 is 1.47 bits per heavy atom. The third-order valence-electron chi connectivity index (χ3n) is 6.03. The van der Waals surface area contributed by atoms with Gasteiger partial charge in [0.25, 0.3) is 0 Å². The van der Waals surface area contributed by atoms with E-state index >= 15 is 0 Å². The first-order valence-electron chi connectivity index (χ1n) is 8.69. The summed E-state index contributed by atoms with van der Waals surface area (Å²) in [5.41, 5.74) is 0. The van der Waals surface area contributed by atoms with Crippen LogP contribution in [0, 0.1) is 29.6 Å². The second-order valence-corrected chi connectivity index (χ2v) is 7.24. The lowest BCUT2D eigenvalue weighted by atomic mass is 9.67. The van der Waals surface area contributed by atoms with Crippen molar-refractivity contribution in [1.82, 2.24) is 0 Å². The standard InChI is InChI=1S/C18H32O/c1-3-4-15-5-7-17(8-6-15)18-11-9-16(10-12-18)14(2)13-19/h13-18H,3-12H2,1-2H3. The Labute approximate surface area is 119 Å². The molecule has 2 aliphatic carbocycles. The van der Waals surface area contributed by atoms with Gasteiger partial charge in [-0.3, -0.25) is 0 Å². The zero-order chi connectivity index (χ0) is 13.7. The summed E-state index contributed by atoms with van der Waals surface area (Å²) in [5.74, 6) is 4.01. The van der Waals surface area contributed by atoms with Gasteiger partial charge in [0.1, 0.15) is 6.29 Å². The number of aldehydes is 1. The molecule has 110 valence electrons. The molecule has 1 heteroatoms. The zero-order valence-electron chi connectivity index (χ0n) is 12.9. The molecule has 1 nitrogen and oxygen atoms in total. The van der Waals surface area contributed by atoms with Crippen LogP contribution in [0.5, 0.6) is 0 Å². The van der Waals surface area contributed by atoms with Gasteiger partial charge in [-0.15, -0.1) is 0 Å². The van der Waals surface area contributed by atoms with E-state index in [9.17, 15) is 4.79 Å². The number of rotatable bonds is 5. The average Bonchev–Trinajstić information content (AvgIpc) is 2.48. The zero-order valence-corrected chi connectivity index (χ0v) is 12.9. The van der Waals surface area contributed by atoms with Gasteiger partial charge in [0, 0.05) is 5.92 Å². The summed E-state index contributed by atoms with van der Waals surface area (Å²) in [5, 5.41) is 0. The van der Waals surface area contributed by atoms with Crippen molar-refractivity contribution >= 4 is 6.29 Å². The predicted molar refractivity (Wildman–Crippen MR) is 81.0 cm³/mol. The topological polar surface area (TPSA) is 17.1 Å². The summed E-state index contributed by atoms with van der Waals surface area (Å²) in [6, 6.07) is 0. The van der Waals surface area contributed by atoms with Gasteiger partial charge >= 0.3 is 0 Å². The average molecular weight is 264 g/mol. The fourth-order valence-electron chi connectivity index (χ4n) is 4.61. The monoisotopic (exact) mass is 264 g/mol. The first-order chi connectivity index (χ1) is 9.24. The molecular weight excluding hydrogens is 232 g/mol. The smallest absolute Gasteiger partial charge is 0.123 e. The molecule has 1 atom stereocenters. The van der Waals surface area contributed by atoms with Crippen molar-refractivity contribution in [2.24, 2.45) is 29.6 Å². The van der Waals surface area contributed by atoms with Crippen molar-refractivity contribution in [2.75, 3.05) is 0 Å². The second kappa shape index (κ2) is 7.45. The molecular formula is C18H32O. The first kappa shape index (κ1) is 15.1. The van der Waals surface area contributed by atoms with Crippen LogP contribution in [0.2, 0.25) is 0 Å². The van der Waals surface area contributed by atoms with E-state index in [1.165, 1.54) is 70.5 Å². The fraction of sp³-hybridized carbons (Fsp3) is 0.944. The second-order valence-electron chi connectivity index (χ2n) is 7.24. The van der Waals surface area contributed by atoms with Crippen molar-refractivity contribution in [3.8, 4) is 0 Å². The number of carbonyl (C=O) groups is 1. The van der Waals surface area contributed by atoms with Crippen LogP contribution in [0.3, 0.4) is 0 Å². The van der Waals surface area contributed by atoms with Gasteiger partial charge in [0.15, 0.2) is 0 Å². The van der Waals surface area contributed by atoms with E-state index in [2.05, 4.69) is 13.8 Å². The molecule has 0 aromatic heterocycles. The lowest BCUT2D eigenvalue weighted by molar-refractivity contribution is -0.112. The van der Waals surface area contributed by atoms with Gasteiger partial charge in [-0.1, -0.05) is 39.5 Å². The lowest BCUT2D eigenvalue weighted by Gasteiger charge is -2.38. The van der Waals surface area contributed by atoms with Crippen LogP contribution >= 0.6 is 0 Å². The van der Waals surface area contributed by atoms with Crippen molar-refractivity contribution in [3.63, 3.8) is 0 Å². The molecule has 0 heterocycles. The Kier molecular flexibility index (Phi) is 5.91. The van der Waals surface area contributed by atoms with Crippen LogP contribution in [0.15, 0.2) is 0 Å². The summed E-state index contributed by atoms with van der Waals surface area (Å²) in [6.45, 7) is 4.43. The molecule has 0 amide bonds. The maximum absolute atomic E-state index is 10.9. The highest BCUT2D eigenvalue weighted by atomic mass is 16.1. The highest BCUT2D eigenvalue weighted by Crippen LogP contribution is 2.43. The van der Waals surface area contributed by atoms with E-state index in [0.29, 0.717) is 11.8 Å². The fourth-order valence-corrected chi connectivity index (χ4v) is 4.61. The normalized spacial score (nSPS) is 37.8. The Bertz CT molecular complexity index is 257. The van der Waals surface area contributed by atoms with Gasteiger partial charge in [0.05, 0.1) is 0 Å². The quantitative estimate of drug-likeness (QED) is 0.621. The van der Waals surface area contributed by atoms with E-state index in [1.54, 1.807) is 0 Å². The van der Waals surface area contributed by atoms with Gasteiger partial charge in [0.2, 0.25) is 0 Å². The minimum Gasteiger partial charge on any atom is -0.303 e. The van der Waals surface area contributed by atoms with Crippen molar-refractivity contribution in [2.45, 2.75) is 78.1 Å². The van der Waals surface area contributed by atoms with Gasteiger partial charge in [-0.2, -0.15) is 0 Å². The van der Waals surface area contributed by atoms with Crippen LogP contribution in [0.4, 0.5) is 0 Å². The number of hydrogen-bond acceptors (Lipinski definition) is 1. The Balaban J connectivity index is 1.72. The Morgan fingerprint density at radius 1 is 0.947 bits per heavy atom. The molecule has 2 fully saturated rings. The SMILES string of the molecule is CCCC1CCC(C2CCC(C(C)C=O)CC2)CC1. The van der Waals surface area contributed by atoms with Crippen LogP contribution in [0.1, 0.15) is 78.1 Å². The maximum Gasteiger partial charge on any atom is 0.123 e. The van der Waals surface area contributed by atoms with Crippen LogP contribution in [0.25, 0.3) is 0 Å². The molecule has 1 unspecified atom stereocenters. The van der Waals surface area contributed by atoms with Crippen LogP contribution in [-0.2, 0) is 4.79 Å². The first-order valence-corrected chi connectivity index (χ1v) is 8.69. The Hall–Kier alpha value is -0.330. The third kappa shape index (κ3) is 4.07. The molecule has 0 bridgehead atoms. The maximum atomic E-state index is 10.9. The van der Waals surface area contributed by atoms with Gasteiger partial charge in [-0.25, -0.2) is 0 Å². The summed E-state index contributed by atoms with van der Waals surface area (Å²) >= 11 is 0. The summed E-state index contributed by atoms with van der Waals surface area (Å²) in [4.78, 5) is 10.9. The molecule has 19 heavy (non-hydrogen) atoms. The molecule has 0 radical (unpaired) electrons. The lowest BCUT2D eigenvalue weighted by Crippen LogP contribution is -2.27. The minimum absolute atomic E-state index is 0.293. The van der Waals surface area contributed by atoms with Crippen molar-refractivity contribution < 1.29 is 4.79 Å². The third-order valence-corrected chi connectivity index (χ3v) is 6.03. The predicted octanol–water partition coefficient (Wildman–Crippen LogP) is 5.23. The Morgan fingerprint density at radius 3 is 1.95 bits per heavy atom. The summed E-state index contributed by atoms with van der Waals surface area (Å²) in [6.07, 6.45) is 15.3.